The normalized spacial score (nSPS) is 11.3. The summed E-state index contributed by atoms with van der Waals surface area (Å²) in [7, 11) is 0. The third kappa shape index (κ3) is 3.21. The number of fused-ring (bicyclic) bond motifs is 1. The lowest BCUT2D eigenvalue weighted by molar-refractivity contribution is 0.617. The molecule has 4 rings (SSSR count). The maximum atomic E-state index is 13.6. The lowest BCUT2D eigenvalue weighted by atomic mass is 10.0. The van der Waals surface area contributed by atoms with Gasteiger partial charge in [-0.3, -0.25) is 4.98 Å². The van der Waals surface area contributed by atoms with Crippen LogP contribution in [0.15, 0.2) is 48.5 Å². The molecule has 2 aromatic carbocycles. The zero-order valence-electron chi connectivity index (χ0n) is 15.4. The number of rotatable bonds is 3. The topological polar surface area (TPSA) is 30.7 Å². The molecule has 0 radical (unpaired) electrons. The Morgan fingerprint density at radius 2 is 1.74 bits per heavy atom. The van der Waals surface area contributed by atoms with Gasteiger partial charge in [-0.25, -0.2) is 9.37 Å². The van der Waals surface area contributed by atoms with E-state index in [-0.39, 0.29) is 5.82 Å². The first-order valence-corrected chi connectivity index (χ1v) is 9.16. The summed E-state index contributed by atoms with van der Waals surface area (Å²) in [6.45, 7) is 6.31. The summed E-state index contributed by atoms with van der Waals surface area (Å²) in [6, 6.07) is 15.2. The molecule has 0 aliphatic rings. The van der Waals surface area contributed by atoms with E-state index in [1.807, 2.05) is 41.8 Å². The molecule has 136 valence electrons. The summed E-state index contributed by atoms with van der Waals surface area (Å²) >= 11 is 6.49. The summed E-state index contributed by atoms with van der Waals surface area (Å²) in [4.78, 5) is 9.34. The van der Waals surface area contributed by atoms with Crippen LogP contribution in [0.5, 0.6) is 0 Å². The van der Waals surface area contributed by atoms with E-state index in [2.05, 4.69) is 18.0 Å². The fourth-order valence-corrected chi connectivity index (χ4v) is 3.62. The molecular weight excluding hydrogens is 361 g/mol. The number of aryl methyl sites for hydroxylation is 3. The van der Waals surface area contributed by atoms with Gasteiger partial charge < -0.3 is 4.57 Å². The van der Waals surface area contributed by atoms with Crippen molar-refractivity contribution in [2.45, 2.75) is 27.3 Å². The second-order valence-corrected chi connectivity index (χ2v) is 7.18. The van der Waals surface area contributed by atoms with Crippen LogP contribution in [0.2, 0.25) is 5.28 Å². The number of pyridine rings is 1. The van der Waals surface area contributed by atoms with Crippen molar-refractivity contribution in [2.24, 2.45) is 0 Å². The molecule has 0 bridgehead atoms. The standard InChI is InChI=1S/C22H19ClFN3/c1-13-6-4-5-7-17(13)20-21-19(11-15(3)25-20)27(22(23)26-21)12-16-8-9-18(24)14(2)10-16/h4-11H,12H2,1-3H3. The molecule has 3 nitrogen and oxygen atoms in total. The Labute approximate surface area is 162 Å². The van der Waals surface area contributed by atoms with Crippen LogP contribution in [0.3, 0.4) is 0 Å². The van der Waals surface area contributed by atoms with Crippen molar-refractivity contribution in [3.05, 3.63) is 82.0 Å². The molecule has 0 spiro atoms. The summed E-state index contributed by atoms with van der Waals surface area (Å²) in [5, 5.41) is 0.397. The summed E-state index contributed by atoms with van der Waals surface area (Å²) < 4.78 is 15.5. The molecule has 0 saturated carbocycles. The molecule has 0 fully saturated rings. The van der Waals surface area contributed by atoms with Gasteiger partial charge in [0.2, 0.25) is 5.28 Å². The fourth-order valence-electron chi connectivity index (χ4n) is 3.38. The Hall–Kier alpha value is -2.72. The van der Waals surface area contributed by atoms with Crippen LogP contribution in [0.4, 0.5) is 4.39 Å². The van der Waals surface area contributed by atoms with Crippen molar-refractivity contribution in [1.29, 1.82) is 0 Å². The lowest BCUT2D eigenvalue weighted by Gasteiger charge is -2.10. The van der Waals surface area contributed by atoms with Gasteiger partial charge in [-0.1, -0.05) is 36.4 Å². The molecule has 0 aliphatic carbocycles. The van der Waals surface area contributed by atoms with Crippen LogP contribution in [-0.4, -0.2) is 14.5 Å². The minimum Gasteiger partial charge on any atom is -0.310 e. The van der Waals surface area contributed by atoms with Crippen LogP contribution in [0.25, 0.3) is 22.3 Å². The zero-order valence-corrected chi connectivity index (χ0v) is 16.2. The average Bonchev–Trinajstić information content (AvgIpc) is 2.94. The first kappa shape index (κ1) is 17.7. The highest BCUT2D eigenvalue weighted by Crippen LogP contribution is 2.31. The van der Waals surface area contributed by atoms with E-state index in [9.17, 15) is 4.39 Å². The van der Waals surface area contributed by atoms with Crippen molar-refractivity contribution in [3.8, 4) is 11.3 Å². The Kier molecular flexibility index (Phi) is 4.44. The Balaban J connectivity index is 1.89. The molecule has 5 heteroatoms. The van der Waals surface area contributed by atoms with Gasteiger partial charge in [-0.05, 0) is 61.2 Å². The number of benzene rings is 2. The van der Waals surface area contributed by atoms with Crippen molar-refractivity contribution in [1.82, 2.24) is 14.5 Å². The minimum absolute atomic E-state index is 0.206. The third-order valence-corrected chi connectivity index (χ3v) is 5.07. The Morgan fingerprint density at radius 1 is 0.963 bits per heavy atom. The molecular formula is C22H19ClFN3. The number of imidazole rings is 1. The van der Waals surface area contributed by atoms with Gasteiger partial charge >= 0.3 is 0 Å². The van der Waals surface area contributed by atoms with Gasteiger partial charge in [0.15, 0.2) is 0 Å². The molecule has 2 heterocycles. The highest BCUT2D eigenvalue weighted by Gasteiger charge is 2.17. The number of halogens is 2. The molecule has 0 saturated heterocycles. The van der Waals surface area contributed by atoms with Gasteiger partial charge in [-0.15, -0.1) is 0 Å². The van der Waals surface area contributed by atoms with Gasteiger partial charge in [-0.2, -0.15) is 0 Å². The largest absolute Gasteiger partial charge is 0.310 e. The van der Waals surface area contributed by atoms with E-state index in [0.717, 1.165) is 39.1 Å². The second kappa shape index (κ2) is 6.78. The van der Waals surface area contributed by atoms with Crippen LogP contribution in [0, 0.1) is 26.6 Å². The highest BCUT2D eigenvalue weighted by molar-refractivity contribution is 6.29. The number of hydrogen-bond donors (Lipinski definition) is 0. The van der Waals surface area contributed by atoms with Crippen molar-refractivity contribution in [3.63, 3.8) is 0 Å². The third-order valence-electron chi connectivity index (χ3n) is 4.78. The number of nitrogens with zero attached hydrogens (tertiary/aromatic N) is 3. The molecule has 2 aromatic heterocycles. The van der Waals surface area contributed by atoms with Crippen LogP contribution >= 0.6 is 11.6 Å². The first-order chi connectivity index (χ1) is 12.9. The average molecular weight is 380 g/mol. The SMILES string of the molecule is Cc1cc2c(nc(Cl)n2Cc2ccc(F)c(C)c2)c(-c2ccccc2C)n1. The summed E-state index contributed by atoms with van der Waals surface area (Å²) in [5.74, 6) is -0.206. The summed E-state index contributed by atoms with van der Waals surface area (Å²) in [6.07, 6.45) is 0. The Morgan fingerprint density at radius 3 is 2.48 bits per heavy atom. The Bertz CT molecular complexity index is 1160. The van der Waals surface area contributed by atoms with Crippen molar-refractivity contribution >= 4 is 22.6 Å². The monoisotopic (exact) mass is 379 g/mol. The molecule has 0 atom stereocenters. The highest BCUT2D eigenvalue weighted by atomic mass is 35.5. The molecule has 0 unspecified atom stereocenters. The van der Waals surface area contributed by atoms with E-state index in [1.165, 1.54) is 6.07 Å². The second-order valence-electron chi connectivity index (χ2n) is 6.85. The van der Waals surface area contributed by atoms with Gasteiger partial charge in [0.05, 0.1) is 17.8 Å². The maximum Gasteiger partial charge on any atom is 0.204 e. The summed E-state index contributed by atoms with van der Waals surface area (Å²) in [5.41, 5.74) is 7.20. The lowest BCUT2D eigenvalue weighted by Crippen LogP contribution is -2.01. The van der Waals surface area contributed by atoms with E-state index in [4.69, 9.17) is 16.6 Å². The zero-order chi connectivity index (χ0) is 19.1. The predicted octanol–water partition coefficient (Wildman–Crippen LogP) is 5.86. The first-order valence-electron chi connectivity index (χ1n) is 8.78. The van der Waals surface area contributed by atoms with E-state index < -0.39 is 0 Å². The van der Waals surface area contributed by atoms with E-state index >= 15 is 0 Å². The quantitative estimate of drug-likeness (QED) is 0.446. The molecule has 0 amide bonds. The van der Waals surface area contributed by atoms with Crippen molar-refractivity contribution in [2.75, 3.05) is 0 Å². The fraction of sp³-hybridized carbons (Fsp3) is 0.182. The molecule has 4 aromatic rings. The van der Waals surface area contributed by atoms with Gasteiger partial charge in [0.1, 0.15) is 11.3 Å². The van der Waals surface area contributed by atoms with E-state index in [1.54, 1.807) is 13.0 Å². The predicted molar refractivity (Wildman–Crippen MR) is 108 cm³/mol. The molecule has 27 heavy (non-hydrogen) atoms. The van der Waals surface area contributed by atoms with Crippen LogP contribution in [-0.2, 0) is 6.54 Å². The van der Waals surface area contributed by atoms with Gasteiger partial charge in [0, 0.05) is 11.3 Å². The maximum absolute atomic E-state index is 13.6. The van der Waals surface area contributed by atoms with Gasteiger partial charge in [0.25, 0.3) is 0 Å². The molecule has 0 N–H and O–H groups in total. The van der Waals surface area contributed by atoms with Crippen molar-refractivity contribution < 1.29 is 4.39 Å². The number of aromatic nitrogens is 3. The van der Waals surface area contributed by atoms with Crippen LogP contribution < -0.4 is 0 Å². The van der Waals surface area contributed by atoms with Crippen LogP contribution in [0.1, 0.15) is 22.4 Å². The molecule has 0 aliphatic heterocycles. The number of hydrogen-bond acceptors (Lipinski definition) is 2. The van der Waals surface area contributed by atoms with E-state index in [0.29, 0.717) is 17.4 Å². The smallest absolute Gasteiger partial charge is 0.204 e. The minimum atomic E-state index is -0.206.